The molecule has 9 heteroatoms. The number of aromatic nitrogens is 1. The van der Waals surface area contributed by atoms with Gasteiger partial charge in [-0.2, -0.15) is 0 Å². The van der Waals surface area contributed by atoms with Crippen molar-refractivity contribution >= 4 is 34.3 Å². The molecule has 4 N–H and O–H groups in total. The number of aliphatic carboxylic acids is 1. The van der Waals surface area contributed by atoms with Gasteiger partial charge in [0.2, 0.25) is 5.91 Å². The highest BCUT2D eigenvalue weighted by Crippen LogP contribution is 2.35. The zero-order valence-electron chi connectivity index (χ0n) is 18.5. The number of primary amides is 1. The lowest BCUT2D eigenvalue weighted by atomic mass is 10.1. The van der Waals surface area contributed by atoms with Crippen LogP contribution in [0, 0.1) is 6.92 Å². The smallest absolute Gasteiger partial charge is 0.303 e. The Morgan fingerprint density at radius 1 is 1.16 bits per heavy atom. The highest BCUT2D eigenvalue weighted by atomic mass is 32.1. The number of hydrogen-bond acceptors (Lipinski definition) is 6. The van der Waals surface area contributed by atoms with Crippen LogP contribution in [-0.4, -0.2) is 35.0 Å². The Bertz CT molecular complexity index is 895. The number of benzene rings is 1. The topological polar surface area (TPSA) is 132 Å². The number of amides is 2. The van der Waals surface area contributed by atoms with Crippen molar-refractivity contribution in [2.24, 2.45) is 5.73 Å². The fourth-order valence-corrected chi connectivity index (χ4v) is 3.67. The molecule has 1 heterocycles. The molecule has 0 spiro atoms. The van der Waals surface area contributed by atoms with Gasteiger partial charge >= 0.3 is 5.97 Å². The number of aryl methyl sites for hydroxylation is 1. The van der Waals surface area contributed by atoms with Gasteiger partial charge in [0.1, 0.15) is 5.75 Å². The molecule has 0 unspecified atom stereocenters. The predicted octanol–water partition coefficient (Wildman–Crippen LogP) is 4.62. The third-order valence-electron chi connectivity index (χ3n) is 4.24. The van der Waals surface area contributed by atoms with E-state index in [1.807, 2.05) is 19.9 Å². The Labute approximate surface area is 186 Å². The van der Waals surface area contributed by atoms with Gasteiger partial charge in [0.05, 0.1) is 23.2 Å². The fraction of sp³-hybridized carbons (Fsp3) is 0.455. The molecule has 0 saturated carbocycles. The van der Waals surface area contributed by atoms with Crippen LogP contribution in [0.5, 0.6) is 5.75 Å². The molecule has 1 aromatic carbocycles. The zero-order chi connectivity index (χ0) is 23.4. The van der Waals surface area contributed by atoms with E-state index in [2.05, 4.69) is 17.2 Å². The minimum atomic E-state index is -0.711. The monoisotopic (exact) mass is 449 g/mol. The second-order valence-corrected chi connectivity index (χ2v) is 7.86. The SMILES string of the molecule is CCCC(=O)O.CCCCCC(=O)Nc1nc(C)c(-c2ccc(OC)c(C(N)=O)c2)s1. The number of thiazole rings is 1. The summed E-state index contributed by atoms with van der Waals surface area (Å²) >= 11 is 1.38. The van der Waals surface area contributed by atoms with Gasteiger partial charge in [0.25, 0.3) is 5.91 Å². The number of rotatable bonds is 10. The van der Waals surface area contributed by atoms with Crippen LogP contribution in [0.25, 0.3) is 10.4 Å². The summed E-state index contributed by atoms with van der Waals surface area (Å²) in [4.78, 5) is 38.4. The van der Waals surface area contributed by atoms with Crippen LogP contribution >= 0.6 is 11.3 Å². The third-order valence-corrected chi connectivity index (χ3v) is 5.36. The number of methoxy groups -OCH3 is 1. The van der Waals surface area contributed by atoms with E-state index < -0.39 is 11.9 Å². The van der Waals surface area contributed by atoms with Crippen LogP contribution in [0.4, 0.5) is 5.13 Å². The number of nitrogens with one attached hydrogen (secondary N) is 1. The Morgan fingerprint density at radius 2 is 1.87 bits per heavy atom. The van der Waals surface area contributed by atoms with Crippen molar-refractivity contribution in [2.45, 2.75) is 59.3 Å². The summed E-state index contributed by atoms with van der Waals surface area (Å²) in [7, 11) is 1.49. The molecule has 8 nitrogen and oxygen atoms in total. The van der Waals surface area contributed by atoms with Crippen molar-refractivity contribution in [1.82, 2.24) is 4.98 Å². The molecule has 2 aromatic rings. The second-order valence-electron chi connectivity index (χ2n) is 6.86. The van der Waals surface area contributed by atoms with Gasteiger partial charge in [-0.3, -0.25) is 14.4 Å². The lowest BCUT2D eigenvalue weighted by Crippen LogP contribution is -2.12. The first kappa shape index (κ1) is 26.1. The molecule has 0 atom stereocenters. The van der Waals surface area contributed by atoms with Crippen LogP contribution in [0.1, 0.15) is 68.4 Å². The maximum atomic E-state index is 11.9. The van der Waals surface area contributed by atoms with Gasteiger partial charge in [-0.1, -0.05) is 38.0 Å². The van der Waals surface area contributed by atoms with E-state index in [9.17, 15) is 14.4 Å². The summed E-state index contributed by atoms with van der Waals surface area (Å²) in [5, 5.41) is 11.3. The zero-order valence-corrected chi connectivity index (χ0v) is 19.3. The number of unbranched alkanes of at least 4 members (excludes halogenated alkanes) is 2. The summed E-state index contributed by atoms with van der Waals surface area (Å²) < 4.78 is 5.16. The Morgan fingerprint density at radius 3 is 2.39 bits per heavy atom. The van der Waals surface area contributed by atoms with Crippen molar-refractivity contribution in [3.8, 4) is 16.2 Å². The van der Waals surface area contributed by atoms with E-state index in [4.69, 9.17) is 15.6 Å². The maximum Gasteiger partial charge on any atom is 0.303 e. The van der Waals surface area contributed by atoms with E-state index in [-0.39, 0.29) is 5.91 Å². The molecule has 0 radical (unpaired) electrons. The summed E-state index contributed by atoms with van der Waals surface area (Å²) in [5.41, 5.74) is 7.34. The van der Waals surface area contributed by atoms with Crippen molar-refractivity contribution < 1.29 is 24.2 Å². The van der Waals surface area contributed by atoms with Crippen molar-refractivity contribution in [2.75, 3.05) is 12.4 Å². The Kier molecular flexibility index (Phi) is 11.3. The first-order chi connectivity index (χ1) is 14.7. The molecule has 0 aliphatic rings. The summed E-state index contributed by atoms with van der Waals surface area (Å²) in [5.74, 6) is -0.855. The molecule has 0 aliphatic heterocycles. The molecule has 0 saturated heterocycles. The third kappa shape index (κ3) is 8.75. The van der Waals surface area contributed by atoms with Gasteiger partial charge < -0.3 is 20.9 Å². The van der Waals surface area contributed by atoms with E-state index in [0.29, 0.717) is 29.3 Å². The van der Waals surface area contributed by atoms with E-state index >= 15 is 0 Å². The molecule has 1 aromatic heterocycles. The van der Waals surface area contributed by atoms with E-state index in [0.717, 1.165) is 41.8 Å². The van der Waals surface area contributed by atoms with Crippen molar-refractivity contribution in [3.05, 3.63) is 29.5 Å². The quantitative estimate of drug-likeness (QED) is 0.454. The largest absolute Gasteiger partial charge is 0.496 e. The molecular weight excluding hydrogens is 418 g/mol. The number of carboxylic acid groups (broad SMARTS) is 1. The van der Waals surface area contributed by atoms with Crippen molar-refractivity contribution in [1.29, 1.82) is 0 Å². The van der Waals surface area contributed by atoms with Gasteiger partial charge in [-0.25, -0.2) is 4.98 Å². The van der Waals surface area contributed by atoms with Crippen LogP contribution in [0.15, 0.2) is 18.2 Å². The lowest BCUT2D eigenvalue weighted by molar-refractivity contribution is -0.137. The molecule has 2 amide bonds. The normalized spacial score (nSPS) is 10.1. The molecular formula is C22H31N3O5S. The fourth-order valence-electron chi connectivity index (χ4n) is 2.69. The number of ether oxygens (including phenoxy) is 1. The number of carbonyl (C=O) groups excluding carboxylic acids is 2. The molecule has 31 heavy (non-hydrogen) atoms. The Hall–Kier alpha value is -2.94. The lowest BCUT2D eigenvalue weighted by Gasteiger charge is -2.07. The summed E-state index contributed by atoms with van der Waals surface area (Å²) in [6.45, 7) is 5.81. The number of nitrogens with zero attached hydrogens (tertiary/aromatic N) is 1. The first-order valence-corrected chi connectivity index (χ1v) is 11.0. The minimum Gasteiger partial charge on any atom is -0.496 e. The van der Waals surface area contributed by atoms with Crippen LogP contribution in [0.2, 0.25) is 0 Å². The van der Waals surface area contributed by atoms with Crippen LogP contribution in [-0.2, 0) is 9.59 Å². The first-order valence-electron chi connectivity index (χ1n) is 10.2. The number of hydrogen-bond donors (Lipinski definition) is 3. The predicted molar refractivity (Wildman–Crippen MR) is 123 cm³/mol. The molecule has 170 valence electrons. The number of carbonyl (C=O) groups is 3. The Balaban J connectivity index is 0.000000703. The van der Waals surface area contributed by atoms with Gasteiger partial charge in [0, 0.05) is 12.8 Å². The van der Waals surface area contributed by atoms with Crippen molar-refractivity contribution in [3.63, 3.8) is 0 Å². The maximum absolute atomic E-state index is 11.9. The molecule has 0 bridgehead atoms. The minimum absolute atomic E-state index is 0.0266. The van der Waals surface area contributed by atoms with E-state index in [1.165, 1.54) is 18.4 Å². The highest BCUT2D eigenvalue weighted by molar-refractivity contribution is 7.19. The molecule has 0 aliphatic carbocycles. The summed E-state index contributed by atoms with van der Waals surface area (Å²) in [6, 6.07) is 5.24. The summed E-state index contributed by atoms with van der Waals surface area (Å²) in [6.07, 6.45) is 4.51. The average Bonchev–Trinajstić information content (AvgIpc) is 3.07. The average molecular weight is 450 g/mol. The highest BCUT2D eigenvalue weighted by Gasteiger charge is 2.15. The second kappa shape index (κ2) is 13.4. The molecule has 0 fully saturated rings. The standard InChI is InChI=1S/C18H23N3O3S.C4H8O2/c1-4-5-6-7-15(22)21-18-20-11(2)16(25-18)12-8-9-14(24-3)13(10-12)17(19)23;1-2-3-4(5)6/h8-10H,4-7H2,1-3H3,(H2,19,23)(H,20,21,22);2-3H2,1H3,(H,5,6). The van der Waals surface area contributed by atoms with Gasteiger partial charge in [-0.15, -0.1) is 0 Å². The molecule has 2 rings (SSSR count). The number of nitrogens with two attached hydrogens (primary N) is 1. The van der Waals surface area contributed by atoms with Crippen LogP contribution < -0.4 is 15.8 Å². The van der Waals surface area contributed by atoms with Crippen LogP contribution in [0.3, 0.4) is 0 Å². The van der Waals surface area contributed by atoms with Gasteiger partial charge in [0.15, 0.2) is 5.13 Å². The van der Waals surface area contributed by atoms with E-state index in [1.54, 1.807) is 12.1 Å². The number of anilines is 1. The number of carboxylic acids is 1. The van der Waals surface area contributed by atoms with Gasteiger partial charge in [-0.05, 0) is 43.5 Å².